The third-order valence-electron chi connectivity index (χ3n) is 8.73. The van der Waals surface area contributed by atoms with Gasteiger partial charge in [-0.25, -0.2) is 14.4 Å². The van der Waals surface area contributed by atoms with Crippen LogP contribution in [0.4, 0.5) is 0 Å². The number of hydrogen-bond donors (Lipinski definition) is 1. The molecule has 0 amide bonds. The highest BCUT2D eigenvalue weighted by Gasteiger charge is 2.25. The maximum atomic E-state index is 12.8. The van der Waals surface area contributed by atoms with Gasteiger partial charge in [0.05, 0.1) is 30.9 Å². The first-order chi connectivity index (χ1) is 24.4. The highest BCUT2D eigenvalue weighted by atomic mass is 16.5. The summed E-state index contributed by atoms with van der Waals surface area (Å²) in [6.45, 7) is 5.18. The van der Waals surface area contributed by atoms with Crippen LogP contribution in [-0.2, 0) is 14.3 Å². The third kappa shape index (κ3) is 13.3. The smallest absolute Gasteiger partial charge is 0.343 e. The second-order valence-corrected chi connectivity index (χ2v) is 12.5. The molecule has 4 rings (SSSR count). The van der Waals surface area contributed by atoms with Crippen LogP contribution in [0.3, 0.4) is 0 Å². The van der Waals surface area contributed by atoms with Crippen molar-refractivity contribution in [3.8, 4) is 17.2 Å². The maximum Gasteiger partial charge on any atom is 0.343 e. The Hall–Kier alpha value is -4.63. The molecule has 1 N–H and O–H groups in total. The summed E-state index contributed by atoms with van der Waals surface area (Å²) in [5.41, 5.74) is 2.13. The number of rotatable bonds is 21. The van der Waals surface area contributed by atoms with Crippen LogP contribution < -0.4 is 14.2 Å². The summed E-state index contributed by atoms with van der Waals surface area (Å²) in [5.74, 6) is 1.12. The SMILES string of the molecule is C=CC(=O)OCCCCCCOc1ccc(C(=O)OC2CCC(c3ccc(OC(=O)c4ccc(OCCCCCCO)cc4)cc3)CC2)cc1. The second-order valence-electron chi connectivity index (χ2n) is 12.5. The lowest BCUT2D eigenvalue weighted by Crippen LogP contribution is -2.24. The van der Waals surface area contributed by atoms with Gasteiger partial charge in [0.15, 0.2) is 0 Å². The van der Waals surface area contributed by atoms with E-state index in [-0.39, 0.29) is 18.7 Å². The molecule has 0 unspecified atom stereocenters. The molecule has 1 aliphatic rings. The molecule has 0 bridgehead atoms. The van der Waals surface area contributed by atoms with Crippen LogP contribution in [0, 0.1) is 0 Å². The molecule has 0 atom stereocenters. The van der Waals surface area contributed by atoms with Crippen LogP contribution in [0.2, 0.25) is 0 Å². The monoisotopic (exact) mass is 686 g/mol. The molecule has 9 nitrogen and oxygen atoms in total. The number of carbonyl (C=O) groups is 3. The molecule has 1 saturated carbocycles. The molecule has 0 saturated heterocycles. The number of esters is 3. The zero-order valence-electron chi connectivity index (χ0n) is 28.9. The van der Waals surface area contributed by atoms with Crippen molar-refractivity contribution in [3.05, 3.63) is 102 Å². The molecule has 0 spiro atoms. The minimum absolute atomic E-state index is 0.121. The number of aliphatic hydroxyl groups is 1. The Kier molecular flexibility index (Phi) is 16.4. The van der Waals surface area contributed by atoms with E-state index in [9.17, 15) is 14.4 Å². The number of aliphatic hydroxyl groups excluding tert-OH is 1. The molecule has 1 aliphatic carbocycles. The molecule has 268 valence electrons. The fourth-order valence-corrected chi connectivity index (χ4v) is 5.82. The van der Waals surface area contributed by atoms with E-state index in [1.807, 2.05) is 24.3 Å². The molecule has 0 aliphatic heterocycles. The topological polar surface area (TPSA) is 118 Å². The second kappa shape index (κ2) is 21.5. The number of benzene rings is 3. The van der Waals surface area contributed by atoms with Crippen LogP contribution in [0.5, 0.6) is 17.2 Å². The summed E-state index contributed by atoms with van der Waals surface area (Å²) in [4.78, 5) is 36.5. The quantitative estimate of drug-likeness (QED) is 0.0510. The Morgan fingerprint density at radius 3 is 1.66 bits per heavy atom. The molecule has 0 aromatic heterocycles. The first kappa shape index (κ1) is 38.2. The lowest BCUT2D eigenvalue weighted by atomic mass is 9.83. The summed E-state index contributed by atoms with van der Waals surface area (Å²) in [7, 11) is 0. The molecular weight excluding hydrogens is 636 g/mol. The standard InChI is InChI=1S/C41H50O9/c1-2-39(43)48-30-10-6-5-9-29-47-36-21-17-34(18-22-36)41(45)50-38-25-13-32(14-26-38)31-11-23-37(24-12-31)49-40(44)33-15-19-35(20-16-33)46-28-8-4-3-7-27-42/h2,11-12,15-24,32,38,42H,1,3-10,13-14,25-30H2. The van der Waals surface area contributed by atoms with Gasteiger partial charge < -0.3 is 28.8 Å². The van der Waals surface area contributed by atoms with Gasteiger partial charge in [-0.1, -0.05) is 25.1 Å². The minimum atomic E-state index is -0.424. The largest absolute Gasteiger partial charge is 0.494 e. The predicted octanol–water partition coefficient (Wildman–Crippen LogP) is 8.39. The van der Waals surface area contributed by atoms with Crippen molar-refractivity contribution in [2.75, 3.05) is 26.4 Å². The van der Waals surface area contributed by atoms with Gasteiger partial charge in [0.1, 0.15) is 23.4 Å². The van der Waals surface area contributed by atoms with E-state index in [4.69, 9.17) is 28.8 Å². The van der Waals surface area contributed by atoms with Crippen molar-refractivity contribution in [1.29, 1.82) is 0 Å². The van der Waals surface area contributed by atoms with Crippen molar-refractivity contribution >= 4 is 17.9 Å². The van der Waals surface area contributed by atoms with Gasteiger partial charge in [-0.2, -0.15) is 0 Å². The summed E-state index contributed by atoms with van der Waals surface area (Å²) in [6, 6.07) is 21.7. The summed E-state index contributed by atoms with van der Waals surface area (Å²) >= 11 is 0. The normalized spacial score (nSPS) is 15.5. The lowest BCUT2D eigenvalue weighted by Gasteiger charge is -2.28. The van der Waals surface area contributed by atoms with Gasteiger partial charge in [-0.15, -0.1) is 0 Å². The van der Waals surface area contributed by atoms with Crippen molar-refractivity contribution in [2.45, 2.75) is 89.1 Å². The van der Waals surface area contributed by atoms with Crippen molar-refractivity contribution in [2.24, 2.45) is 0 Å². The number of ether oxygens (including phenoxy) is 5. The first-order valence-electron chi connectivity index (χ1n) is 17.8. The fourth-order valence-electron chi connectivity index (χ4n) is 5.82. The molecule has 3 aromatic carbocycles. The van der Waals surface area contributed by atoms with Crippen LogP contribution in [-0.4, -0.2) is 55.5 Å². The molecule has 0 heterocycles. The lowest BCUT2D eigenvalue weighted by molar-refractivity contribution is -0.137. The Morgan fingerprint density at radius 2 is 1.12 bits per heavy atom. The predicted molar refractivity (Wildman–Crippen MR) is 191 cm³/mol. The van der Waals surface area contributed by atoms with Gasteiger partial charge in [0, 0.05) is 12.7 Å². The van der Waals surface area contributed by atoms with Gasteiger partial charge in [-0.05, 0) is 143 Å². The van der Waals surface area contributed by atoms with E-state index in [0.717, 1.165) is 77.0 Å². The summed E-state index contributed by atoms with van der Waals surface area (Å²) in [6.07, 6.45) is 11.8. The van der Waals surface area contributed by atoms with Gasteiger partial charge >= 0.3 is 17.9 Å². The maximum absolute atomic E-state index is 12.8. The van der Waals surface area contributed by atoms with E-state index >= 15 is 0 Å². The van der Waals surface area contributed by atoms with E-state index in [1.54, 1.807) is 48.5 Å². The molecule has 50 heavy (non-hydrogen) atoms. The average molecular weight is 687 g/mol. The van der Waals surface area contributed by atoms with Crippen LogP contribution in [0.15, 0.2) is 85.5 Å². The molecular formula is C41H50O9. The molecule has 3 aromatic rings. The van der Waals surface area contributed by atoms with Crippen LogP contribution in [0.1, 0.15) is 109 Å². The fraction of sp³-hybridized carbons (Fsp3) is 0.439. The third-order valence-corrected chi connectivity index (χ3v) is 8.73. The Morgan fingerprint density at radius 1 is 0.620 bits per heavy atom. The zero-order chi connectivity index (χ0) is 35.4. The van der Waals surface area contributed by atoms with E-state index < -0.39 is 11.9 Å². The van der Waals surface area contributed by atoms with Crippen molar-refractivity contribution in [1.82, 2.24) is 0 Å². The number of unbranched alkanes of at least 4 members (excludes halogenated alkanes) is 6. The average Bonchev–Trinajstić information content (AvgIpc) is 3.15. The molecule has 0 radical (unpaired) electrons. The Bertz CT molecular complexity index is 1460. The van der Waals surface area contributed by atoms with E-state index in [0.29, 0.717) is 54.1 Å². The first-order valence-corrected chi connectivity index (χ1v) is 17.8. The van der Waals surface area contributed by atoms with Crippen molar-refractivity contribution in [3.63, 3.8) is 0 Å². The molecule has 1 fully saturated rings. The Balaban J connectivity index is 1.11. The highest BCUT2D eigenvalue weighted by Crippen LogP contribution is 2.35. The number of carbonyl (C=O) groups excluding carboxylic acids is 3. The summed E-state index contributed by atoms with van der Waals surface area (Å²) < 4.78 is 27.9. The molecule has 9 heteroatoms. The highest BCUT2D eigenvalue weighted by molar-refractivity contribution is 5.91. The van der Waals surface area contributed by atoms with Crippen LogP contribution >= 0.6 is 0 Å². The summed E-state index contributed by atoms with van der Waals surface area (Å²) in [5, 5.41) is 8.85. The van der Waals surface area contributed by atoms with Gasteiger partial charge in [-0.3, -0.25) is 0 Å². The Labute approximate surface area is 295 Å². The zero-order valence-corrected chi connectivity index (χ0v) is 28.9. The van der Waals surface area contributed by atoms with Crippen LogP contribution in [0.25, 0.3) is 0 Å². The van der Waals surface area contributed by atoms with Crippen molar-refractivity contribution < 1.29 is 43.2 Å². The van der Waals surface area contributed by atoms with Gasteiger partial charge in [0.25, 0.3) is 0 Å². The minimum Gasteiger partial charge on any atom is -0.494 e. The van der Waals surface area contributed by atoms with Gasteiger partial charge in [0.2, 0.25) is 0 Å². The van der Waals surface area contributed by atoms with E-state index in [1.165, 1.54) is 11.6 Å². The number of hydrogen-bond acceptors (Lipinski definition) is 9. The van der Waals surface area contributed by atoms with E-state index in [2.05, 4.69) is 6.58 Å².